The molecule has 4 heteroatoms. The fraction of sp³-hybridized carbons (Fsp3) is 0.533. The molecule has 0 bridgehead atoms. The number of benzene rings is 1. The van der Waals surface area contributed by atoms with Gasteiger partial charge in [-0.3, -0.25) is 0 Å². The Morgan fingerprint density at radius 1 is 1.37 bits per heavy atom. The van der Waals surface area contributed by atoms with Crippen molar-refractivity contribution in [3.05, 3.63) is 29.3 Å². The Bertz CT molecular complexity index is 487. The summed E-state index contributed by atoms with van der Waals surface area (Å²) in [7, 11) is 0. The first-order chi connectivity index (χ1) is 8.83. The van der Waals surface area contributed by atoms with Gasteiger partial charge >= 0.3 is 5.97 Å². The molecule has 1 aliphatic rings. The number of carbonyl (C=O) groups is 1. The van der Waals surface area contributed by atoms with Crippen LogP contribution >= 0.6 is 11.6 Å². The molecule has 0 aromatic heterocycles. The van der Waals surface area contributed by atoms with Gasteiger partial charge in [-0.15, -0.1) is 0 Å². The first kappa shape index (κ1) is 14.2. The van der Waals surface area contributed by atoms with Gasteiger partial charge in [-0.25, -0.2) is 4.79 Å². The number of halogens is 1. The zero-order valence-corrected chi connectivity index (χ0v) is 12.1. The van der Waals surface area contributed by atoms with E-state index in [-0.39, 0.29) is 5.41 Å². The number of carboxylic acids is 1. The normalized spacial score (nSPS) is 25.8. The molecule has 1 aliphatic carbocycles. The summed E-state index contributed by atoms with van der Waals surface area (Å²) in [5.74, 6) is -0.778. The van der Waals surface area contributed by atoms with Crippen LogP contribution in [0.2, 0.25) is 5.02 Å². The minimum absolute atomic E-state index is 0.0439. The van der Waals surface area contributed by atoms with Crippen molar-refractivity contribution < 1.29 is 9.90 Å². The molecule has 0 aliphatic heterocycles. The van der Waals surface area contributed by atoms with E-state index in [0.717, 1.165) is 18.5 Å². The van der Waals surface area contributed by atoms with Crippen molar-refractivity contribution in [2.75, 3.05) is 5.32 Å². The van der Waals surface area contributed by atoms with Crippen molar-refractivity contribution in [3.63, 3.8) is 0 Å². The molecule has 1 atom stereocenters. The van der Waals surface area contributed by atoms with Gasteiger partial charge in [0.05, 0.1) is 0 Å². The van der Waals surface area contributed by atoms with Gasteiger partial charge in [0.2, 0.25) is 0 Å². The number of carboxylic acid groups (broad SMARTS) is 1. The molecule has 1 aromatic rings. The second kappa shape index (κ2) is 5.04. The first-order valence-corrected chi connectivity index (χ1v) is 6.98. The van der Waals surface area contributed by atoms with E-state index in [1.807, 2.05) is 12.1 Å². The number of nitrogens with one attached hydrogen (secondary N) is 1. The Morgan fingerprint density at radius 2 is 2.11 bits per heavy atom. The molecule has 2 N–H and O–H groups in total. The summed E-state index contributed by atoms with van der Waals surface area (Å²) in [6, 6.07) is 7.24. The van der Waals surface area contributed by atoms with Gasteiger partial charge in [0.15, 0.2) is 0 Å². The van der Waals surface area contributed by atoms with Crippen molar-refractivity contribution >= 4 is 23.3 Å². The predicted molar refractivity (Wildman–Crippen MR) is 77.7 cm³/mol. The second-order valence-corrected chi connectivity index (χ2v) is 6.65. The first-order valence-electron chi connectivity index (χ1n) is 6.60. The smallest absolute Gasteiger partial charge is 0.329 e. The summed E-state index contributed by atoms with van der Waals surface area (Å²) >= 11 is 5.96. The van der Waals surface area contributed by atoms with Gasteiger partial charge in [-0.2, -0.15) is 0 Å². The maximum atomic E-state index is 11.8. The number of aliphatic carboxylic acids is 1. The van der Waals surface area contributed by atoms with E-state index in [2.05, 4.69) is 19.2 Å². The lowest BCUT2D eigenvalue weighted by molar-refractivity contribution is -0.145. The van der Waals surface area contributed by atoms with Crippen LogP contribution in [0.4, 0.5) is 5.69 Å². The fourth-order valence-corrected chi connectivity index (χ4v) is 3.24. The Kier molecular flexibility index (Phi) is 3.77. The molecule has 0 spiro atoms. The molecule has 0 heterocycles. The Labute approximate surface area is 119 Å². The van der Waals surface area contributed by atoms with E-state index < -0.39 is 11.5 Å². The molecule has 1 fully saturated rings. The molecule has 0 radical (unpaired) electrons. The molecule has 19 heavy (non-hydrogen) atoms. The lowest BCUT2D eigenvalue weighted by atomic mass is 9.68. The monoisotopic (exact) mass is 281 g/mol. The number of hydrogen-bond donors (Lipinski definition) is 2. The molecule has 1 aromatic carbocycles. The van der Waals surface area contributed by atoms with Crippen molar-refractivity contribution in [2.45, 2.75) is 45.1 Å². The minimum Gasteiger partial charge on any atom is -0.480 e. The highest BCUT2D eigenvalue weighted by atomic mass is 35.5. The van der Waals surface area contributed by atoms with Crippen LogP contribution in [-0.4, -0.2) is 16.6 Å². The van der Waals surface area contributed by atoms with Gasteiger partial charge in [0.1, 0.15) is 5.54 Å². The summed E-state index contributed by atoms with van der Waals surface area (Å²) in [5.41, 5.74) is -0.0677. The van der Waals surface area contributed by atoms with E-state index in [1.54, 1.807) is 12.1 Å². The number of rotatable bonds is 3. The fourth-order valence-electron chi connectivity index (χ4n) is 3.05. The molecular formula is C15H20ClNO2. The van der Waals surface area contributed by atoms with E-state index in [0.29, 0.717) is 17.9 Å². The lowest BCUT2D eigenvalue weighted by Crippen LogP contribution is -2.51. The summed E-state index contributed by atoms with van der Waals surface area (Å²) in [4.78, 5) is 11.8. The molecular weight excluding hydrogens is 262 g/mol. The standard InChI is InChI=1S/C15H20ClNO2/c1-14(2)7-4-8-15(10-14,13(18)19)17-12-6-3-5-11(16)9-12/h3,5-6,9,17H,4,7-8,10H2,1-2H3,(H,18,19). The van der Waals surface area contributed by atoms with Gasteiger partial charge in [-0.1, -0.05) is 31.5 Å². The second-order valence-electron chi connectivity index (χ2n) is 6.22. The molecule has 1 unspecified atom stereocenters. The average Bonchev–Trinajstić information content (AvgIpc) is 2.27. The molecule has 104 valence electrons. The van der Waals surface area contributed by atoms with E-state index in [4.69, 9.17) is 11.6 Å². The van der Waals surface area contributed by atoms with E-state index in [1.165, 1.54) is 0 Å². The zero-order chi connectivity index (χ0) is 14.1. The van der Waals surface area contributed by atoms with Gasteiger partial charge in [0.25, 0.3) is 0 Å². The minimum atomic E-state index is -0.883. The maximum Gasteiger partial charge on any atom is 0.329 e. The number of hydrogen-bond acceptors (Lipinski definition) is 2. The zero-order valence-electron chi connectivity index (χ0n) is 11.4. The summed E-state index contributed by atoms with van der Waals surface area (Å²) in [5, 5.41) is 13.5. The van der Waals surface area contributed by atoms with Crippen LogP contribution in [0.25, 0.3) is 0 Å². The van der Waals surface area contributed by atoms with Crippen LogP contribution in [-0.2, 0) is 4.79 Å². The van der Waals surface area contributed by atoms with Crippen LogP contribution in [0.3, 0.4) is 0 Å². The topological polar surface area (TPSA) is 49.3 Å². The third kappa shape index (κ3) is 3.21. The van der Waals surface area contributed by atoms with Crippen molar-refractivity contribution in [1.82, 2.24) is 0 Å². The van der Waals surface area contributed by atoms with Crippen LogP contribution in [0.5, 0.6) is 0 Å². The van der Waals surface area contributed by atoms with E-state index in [9.17, 15) is 9.90 Å². The molecule has 3 nitrogen and oxygen atoms in total. The summed E-state index contributed by atoms with van der Waals surface area (Å²) < 4.78 is 0. The highest BCUT2D eigenvalue weighted by molar-refractivity contribution is 6.30. The third-order valence-electron chi connectivity index (χ3n) is 3.86. The Hall–Kier alpha value is -1.22. The third-order valence-corrected chi connectivity index (χ3v) is 4.09. The highest BCUT2D eigenvalue weighted by Gasteiger charge is 2.45. The van der Waals surface area contributed by atoms with Crippen molar-refractivity contribution in [2.24, 2.45) is 5.41 Å². The van der Waals surface area contributed by atoms with Crippen molar-refractivity contribution in [3.8, 4) is 0 Å². The van der Waals surface area contributed by atoms with Crippen LogP contribution in [0, 0.1) is 5.41 Å². The molecule has 0 saturated heterocycles. The van der Waals surface area contributed by atoms with Gasteiger partial charge in [-0.05, 0) is 49.3 Å². The van der Waals surface area contributed by atoms with Crippen LogP contribution in [0.15, 0.2) is 24.3 Å². The summed E-state index contributed by atoms with van der Waals surface area (Å²) in [6.07, 6.45) is 3.27. The lowest BCUT2D eigenvalue weighted by Gasteiger charge is -2.43. The molecule has 1 saturated carbocycles. The quantitative estimate of drug-likeness (QED) is 0.874. The highest BCUT2D eigenvalue weighted by Crippen LogP contribution is 2.42. The SMILES string of the molecule is CC1(C)CCCC(Nc2cccc(Cl)c2)(C(=O)O)C1. The van der Waals surface area contributed by atoms with Crippen LogP contribution in [0.1, 0.15) is 39.5 Å². The number of anilines is 1. The molecule has 0 amide bonds. The predicted octanol–water partition coefficient (Wildman–Crippen LogP) is 4.18. The van der Waals surface area contributed by atoms with Gasteiger partial charge in [0, 0.05) is 10.7 Å². The molecule has 2 rings (SSSR count). The largest absolute Gasteiger partial charge is 0.480 e. The van der Waals surface area contributed by atoms with E-state index >= 15 is 0 Å². The Morgan fingerprint density at radius 3 is 2.68 bits per heavy atom. The van der Waals surface area contributed by atoms with Crippen molar-refractivity contribution in [1.29, 1.82) is 0 Å². The maximum absolute atomic E-state index is 11.8. The van der Waals surface area contributed by atoms with Gasteiger partial charge < -0.3 is 10.4 Å². The Balaban J connectivity index is 2.28. The van der Waals surface area contributed by atoms with Crippen LogP contribution < -0.4 is 5.32 Å². The summed E-state index contributed by atoms with van der Waals surface area (Å²) in [6.45, 7) is 4.26. The average molecular weight is 282 g/mol.